The van der Waals surface area contributed by atoms with Crippen LogP contribution in [0.4, 0.5) is 0 Å². The number of phenolic OH excluding ortho intramolecular Hbond substituents is 1. The van der Waals surface area contributed by atoms with Gasteiger partial charge in [0.05, 0.1) is 5.92 Å². The summed E-state index contributed by atoms with van der Waals surface area (Å²) in [6.45, 7) is 9.02. The summed E-state index contributed by atoms with van der Waals surface area (Å²) in [7, 11) is 0. The Morgan fingerprint density at radius 3 is 2.55 bits per heavy atom. The van der Waals surface area contributed by atoms with Gasteiger partial charge in [-0.1, -0.05) is 63.2 Å². The first kappa shape index (κ1) is 24.8. The number of likely N-dealkylation sites (tertiary alicyclic amines) is 1. The molecule has 0 saturated carbocycles. The molecule has 178 valence electrons. The first-order valence-corrected chi connectivity index (χ1v) is 11.9. The zero-order chi connectivity index (χ0) is 24.0. The van der Waals surface area contributed by atoms with Gasteiger partial charge in [-0.05, 0) is 66.9 Å². The summed E-state index contributed by atoms with van der Waals surface area (Å²) in [5.74, 6) is -0.289. The minimum atomic E-state index is -0.651. The Morgan fingerprint density at radius 2 is 1.94 bits per heavy atom. The van der Waals surface area contributed by atoms with Crippen LogP contribution in [0.1, 0.15) is 57.1 Å². The van der Waals surface area contributed by atoms with E-state index in [1.54, 1.807) is 6.07 Å². The summed E-state index contributed by atoms with van der Waals surface area (Å²) in [5, 5.41) is 12.8. The van der Waals surface area contributed by atoms with Crippen molar-refractivity contribution >= 4 is 11.8 Å². The lowest BCUT2D eigenvalue weighted by Crippen LogP contribution is -2.48. The third-order valence-corrected chi connectivity index (χ3v) is 7.39. The van der Waals surface area contributed by atoms with E-state index in [2.05, 4.69) is 30.1 Å². The van der Waals surface area contributed by atoms with Gasteiger partial charge in [-0.3, -0.25) is 9.59 Å². The lowest BCUT2D eigenvalue weighted by atomic mass is 9.68. The molecule has 4 atom stereocenters. The lowest BCUT2D eigenvalue weighted by molar-refractivity contribution is -0.128. The minimum Gasteiger partial charge on any atom is -0.508 e. The van der Waals surface area contributed by atoms with Crippen molar-refractivity contribution in [1.29, 1.82) is 0 Å². The SMILES string of the molecule is CCC(NC(=O)C(CCN1CCC(C)(c2cccc(O)c2)C(C)C1)c1ccccc1)C(N)=O. The molecule has 2 aromatic carbocycles. The van der Waals surface area contributed by atoms with Crippen LogP contribution in [0.15, 0.2) is 54.6 Å². The zero-order valence-corrected chi connectivity index (χ0v) is 20.0. The standard InChI is InChI=1S/C27H37N3O3/c1-4-24(25(28)32)29-26(33)23(20-9-6-5-7-10-20)13-15-30-16-14-27(3,19(2)18-30)21-11-8-12-22(31)17-21/h5-12,17,19,23-24,31H,4,13-16,18H2,1-3H3,(H2,28,32)(H,29,33). The highest BCUT2D eigenvalue weighted by molar-refractivity contribution is 5.89. The average molecular weight is 452 g/mol. The van der Waals surface area contributed by atoms with Crippen LogP contribution in [0.5, 0.6) is 5.75 Å². The molecule has 3 rings (SSSR count). The predicted molar refractivity (Wildman–Crippen MR) is 131 cm³/mol. The van der Waals surface area contributed by atoms with E-state index in [4.69, 9.17) is 5.73 Å². The average Bonchev–Trinajstić information content (AvgIpc) is 2.80. The van der Waals surface area contributed by atoms with Crippen LogP contribution in [0.2, 0.25) is 0 Å². The summed E-state index contributed by atoms with van der Waals surface area (Å²) in [5.41, 5.74) is 7.57. The molecular formula is C27H37N3O3. The normalized spacial score (nSPS) is 22.9. The van der Waals surface area contributed by atoms with E-state index in [0.717, 1.165) is 31.6 Å². The summed E-state index contributed by atoms with van der Waals surface area (Å²) in [6, 6.07) is 16.7. The van der Waals surface area contributed by atoms with Crippen LogP contribution in [-0.4, -0.2) is 47.5 Å². The van der Waals surface area contributed by atoms with Crippen LogP contribution >= 0.6 is 0 Å². The van der Waals surface area contributed by atoms with Gasteiger partial charge in [-0.25, -0.2) is 0 Å². The number of aromatic hydroxyl groups is 1. The van der Waals surface area contributed by atoms with Crippen LogP contribution in [0.3, 0.4) is 0 Å². The largest absolute Gasteiger partial charge is 0.508 e. The molecule has 1 aliphatic heterocycles. The van der Waals surface area contributed by atoms with Gasteiger partial charge in [0.1, 0.15) is 11.8 Å². The molecule has 33 heavy (non-hydrogen) atoms. The number of rotatable bonds is 9. The summed E-state index contributed by atoms with van der Waals surface area (Å²) in [6.07, 6.45) is 2.12. The number of carbonyl (C=O) groups excluding carboxylic acids is 2. The maximum absolute atomic E-state index is 13.1. The van der Waals surface area contributed by atoms with Crippen LogP contribution in [0.25, 0.3) is 0 Å². The van der Waals surface area contributed by atoms with E-state index < -0.39 is 11.9 Å². The highest BCUT2D eigenvalue weighted by Crippen LogP contribution is 2.40. The van der Waals surface area contributed by atoms with E-state index >= 15 is 0 Å². The number of hydrogen-bond acceptors (Lipinski definition) is 4. The molecule has 1 fully saturated rings. The Hall–Kier alpha value is -2.86. The molecule has 4 unspecified atom stereocenters. The Balaban J connectivity index is 1.67. The maximum atomic E-state index is 13.1. The van der Waals surface area contributed by atoms with Gasteiger partial charge in [-0.2, -0.15) is 0 Å². The number of amides is 2. The number of piperidine rings is 1. The lowest BCUT2D eigenvalue weighted by Gasteiger charge is -2.45. The van der Waals surface area contributed by atoms with Crippen molar-refractivity contribution in [3.63, 3.8) is 0 Å². The van der Waals surface area contributed by atoms with Gasteiger partial charge in [-0.15, -0.1) is 0 Å². The number of benzene rings is 2. The third kappa shape index (κ3) is 5.93. The molecule has 6 nitrogen and oxygen atoms in total. The Labute approximate surface area is 197 Å². The summed E-state index contributed by atoms with van der Waals surface area (Å²) >= 11 is 0. The third-order valence-electron chi connectivity index (χ3n) is 7.39. The molecule has 0 aliphatic carbocycles. The van der Waals surface area contributed by atoms with Crippen molar-refractivity contribution in [3.8, 4) is 5.75 Å². The fourth-order valence-electron chi connectivity index (χ4n) is 4.90. The van der Waals surface area contributed by atoms with Crippen molar-refractivity contribution in [2.24, 2.45) is 11.7 Å². The quantitative estimate of drug-likeness (QED) is 0.543. The number of nitrogens with zero attached hydrogens (tertiary/aromatic N) is 1. The fraction of sp³-hybridized carbons (Fsp3) is 0.481. The molecule has 6 heteroatoms. The van der Waals surface area contributed by atoms with E-state index in [9.17, 15) is 14.7 Å². The number of nitrogens with one attached hydrogen (secondary N) is 1. The topological polar surface area (TPSA) is 95.7 Å². The van der Waals surface area contributed by atoms with Crippen LogP contribution < -0.4 is 11.1 Å². The molecule has 2 amide bonds. The van der Waals surface area contributed by atoms with Crippen molar-refractivity contribution in [2.75, 3.05) is 19.6 Å². The Bertz CT molecular complexity index is 949. The van der Waals surface area contributed by atoms with Gasteiger partial charge in [0.2, 0.25) is 11.8 Å². The monoisotopic (exact) mass is 451 g/mol. The van der Waals surface area contributed by atoms with Gasteiger partial charge < -0.3 is 21.1 Å². The van der Waals surface area contributed by atoms with Crippen molar-refractivity contribution in [2.45, 2.75) is 57.4 Å². The molecule has 1 heterocycles. The van der Waals surface area contributed by atoms with Crippen LogP contribution in [-0.2, 0) is 15.0 Å². The van der Waals surface area contributed by atoms with E-state index in [0.29, 0.717) is 24.5 Å². The van der Waals surface area contributed by atoms with E-state index in [1.807, 2.05) is 49.4 Å². The number of nitrogens with two attached hydrogens (primary N) is 1. The molecule has 2 aromatic rings. The molecule has 1 saturated heterocycles. The van der Waals surface area contributed by atoms with Gasteiger partial charge in [0, 0.05) is 6.54 Å². The molecular weight excluding hydrogens is 414 g/mol. The number of primary amides is 1. The van der Waals surface area contributed by atoms with Gasteiger partial charge in [0.15, 0.2) is 0 Å². The highest BCUT2D eigenvalue weighted by Gasteiger charge is 2.38. The second kappa shape index (κ2) is 10.8. The smallest absolute Gasteiger partial charge is 0.239 e. The number of hydrogen-bond donors (Lipinski definition) is 3. The predicted octanol–water partition coefficient (Wildman–Crippen LogP) is 3.55. The number of carbonyl (C=O) groups is 2. The highest BCUT2D eigenvalue weighted by atomic mass is 16.3. The Kier molecular flexibility index (Phi) is 8.14. The summed E-state index contributed by atoms with van der Waals surface area (Å²) < 4.78 is 0. The van der Waals surface area contributed by atoms with Crippen molar-refractivity contribution in [1.82, 2.24) is 10.2 Å². The minimum absolute atomic E-state index is 0.00127. The number of phenols is 1. The first-order valence-electron chi connectivity index (χ1n) is 11.9. The molecule has 4 N–H and O–H groups in total. The second-order valence-corrected chi connectivity index (χ2v) is 9.54. The van der Waals surface area contributed by atoms with Crippen molar-refractivity contribution in [3.05, 3.63) is 65.7 Å². The van der Waals surface area contributed by atoms with Gasteiger partial charge >= 0.3 is 0 Å². The first-order chi connectivity index (χ1) is 15.7. The molecule has 0 spiro atoms. The molecule has 0 radical (unpaired) electrons. The van der Waals surface area contributed by atoms with E-state index in [-0.39, 0.29) is 17.2 Å². The molecule has 0 aromatic heterocycles. The van der Waals surface area contributed by atoms with E-state index in [1.165, 1.54) is 5.56 Å². The summed E-state index contributed by atoms with van der Waals surface area (Å²) in [4.78, 5) is 27.2. The molecule has 1 aliphatic rings. The van der Waals surface area contributed by atoms with Gasteiger partial charge in [0.25, 0.3) is 0 Å². The fourth-order valence-corrected chi connectivity index (χ4v) is 4.90. The zero-order valence-electron chi connectivity index (χ0n) is 20.0. The maximum Gasteiger partial charge on any atom is 0.239 e. The molecule has 0 bridgehead atoms. The second-order valence-electron chi connectivity index (χ2n) is 9.54. The Morgan fingerprint density at radius 1 is 1.21 bits per heavy atom. The van der Waals surface area contributed by atoms with Crippen LogP contribution in [0, 0.1) is 5.92 Å². The van der Waals surface area contributed by atoms with Crippen molar-refractivity contribution < 1.29 is 14.7 Å².